The number of likely N-dealkylation sites (tertiary alicyclic amines) is 1. The number of amides is 2. The smallest absolute Gasteiger partial charge is 0.342 e. The van der Waals surface area contributed by atoms with Gasteiger partial charge in [-0.3, -0.25) is 9.59 Å². The third-order valence-electron chi connectivity index (χ3n) is 6.33. The first-order valence-electron chi connectivity index (χ1n) is 10.2. The van der Waals surface area contributed by atoms with Crippen molar-refractivity contribution in [2.24, 2.45) is 11.8 Å². The number of benzene rings is 1. The van der Waals surface area contributed by atoms with Gasteiger partial charge in [0.05, 0.1) is 11.3 Å². The zero-order chi connectivity index (χ0) is 20.6. The number of nitrogens with zero attached hydrogens (tertiary/aromatic N) is 2. The minimum absolute atomic E-state index is 0.0351. The van der Waals surface area contributed by atoms with Gasteiger partial charge in [-0.15, -0.1) is 11.8 Å². The molecule has 2 aliphatic heterocycles. The summed E-state index contributed by atoms with van der Waals surface area (Å²) in [6.07, 6.45) is 0.536. The summed E-state index contributed by atoms with van der Waals surface area (Å²) in [6, 6.07) is 5.13. The van der Waals surface area contributed by atoms with E-state index >= 15 is 0 Å². The quantitative estimate of drug-likeness (QED) is 0.720. The van der Waals surface area contributed by atoms with E-state index in [4.69, 9.17) is 0 Å². The molecule has 8 heteroatoms. The predicted octanol–water partition coefficient (Wildman–Crippen LogP) is 4.32. The first-order valence-corrected chi connectivity index (χ1v) is 11.2. The van der Waals surface area contributed by atoms with Gasteiger partial charge in [0.1, 0.15) is 5.37 Å². The summed E-state index contributed by atoms with van der Waals surface area (Å²) >= 11 is 1.46. The zero-order valence-electron chi connectivity index (χ0n) is 16.2. The lowest BCUT2D eigenvalue weighted by atomic mass is 9.83. The number of halogens is 3. The van der Waals surface area contributed by atoms with Crippen molar-refractivity contribution in [1.29, 1.82) is 0 Å². The molecular formula is C21H25F3N2O2S. The van der Waals surface area contributed by atoms with Crippen LogP contribution in [-0.4, -0.2) is 47.0 Å². The van der Waals surface area contributed by atoms with Crippen molar-refractivity contribution in [3.8, 4) is 0 Å². The van der Waals surface area contributed by atoms with E-state index in [2.05, 4.69) is 0 Å². The highest BCUT2D eigenvalue weighted by Gasteiger charge is 2.37. The van der Waals surface area contributed by atoms with E-state index in [9.17, 15) is 22.8 Å². The predicted molar refractivity (Wildman–Crippen MR) is 105 cm³/mol. The van der Waals surface area contributed by atoms with Gasteiger partial charge in [0.15, 0.2) is 0 Å². The van der Waals surface area contributed by atoms with E-state index < -0.39 is 11.7 Å². The molecule has 1 aromatic carbocycles. The maximum absolute atomic E-state index is 12.8. The molecular weight excluding hydrogens is 401 g/mol. The highest BCUT2D eigenvalue weighted by Crippen LogP contribution is 2.41. The van der Waals surface area contributed by atoms with Gasteiger partial charge in [0.2, 0.25) is 11.8 Å². The standard InChI is InChI=1S/C21H25F3N2O2S/c22-21(23,24)17-6-4-16(5-7-17)20-26(18(27)13-29-20)12-14-8-10-25(11-9-14)19(28)15-2-1-3-15/h4-7,14-15,20H,1-3,8-13H2. The molecule has 0 aromatic heterocycles. The van der Waals surface area contributed by atoms with Gasteiger partial charge in [0, 0.05) is 25.6 Å². The summed E-state index contributed by atoms with van der Waals surface area (Å²) in [5, 5.41) is -0.237. The van der Waals surface area contributed by atoms with E-state index in [1.807, 2.05) is 4.90 Å². The lowest BCUT2D eigenvalue weighted by Crippen LogP contribution is -2.45. The Balaban J connectivity index is 1.36. The van der Waals surface area contributed by atoms with Crippen LogP contribution in [0.15, 0.2) is 24.3 Å². The van der Waals surface area contributed by atoms with Crippen LogP contribution in [0.4, 0.5) is 13.2 Å². The van der Waals surface area contributed by atoms with Gasteiger partial charge in [-0.25, -0.2) is 0 Å². The number of rotatable bonds is 4. The van der Waals surface area contributed by atoms with E-state index in [1.54, 1.807) is 4.90 Å². The highest BCUT2D eigenvalue weighted by atomic mass is 32.2. The molecule has 1 unspecified atom stereocenters. The number of thioether (sulfide) groups is 1. The van der Waals surface area contributed by atoms with Crippen LogP contribution in [0.2, 0.25) is 0 Å². The van der Waals surface area contributed by atoms with E-state index in [0.717, 1.165) is 62.9 Å². The molecule has 2 heterocycles. The van der Waals surface area contributed by atoms with Crippen molar-refractivity contribution in [2.75, 3.05) is 25.4 Å². The van der Waals surface area contributed by atoms with Gasteiger partial charge in [-0.1, -0.05) is 18.6 Å². The fourth-order valence-corrected chi connectivity index (χ4v) is 5.49. The van der Waals surface area contributed by atoms with Crippen LogP contribution in [-0.2, 0) is 15.8 Å². The second-order valence-corrected chi connectivity index (χ2v) is 9.29. The Labute approximate surface area is 172 Å². The Morgan fingerprint density at radius 1 is 1.07 bits per heavy atom. The van der Waals surface area contributed by atoms with Crippen LogP contribution in [0.1, 0.15) is 48.6 Å². The third kappa shape index (κ3) is 4.42. The summed E-state index contributed by atoms with van der Waals surface area (Å²) in [6.45, 7) is 2.07. The lowest BCUT2D eigenvalue weighted by molar-refractivity contribution is -0.140. The van der Waals surface area contributed by atoms with Gasteiger partial charge in [0.25, 0.3) is 0 Å². The molecule has 29 heavy (non-hydrogen) atoms. The largest absolute Gasteiger partial charge is 0.416 e. The van der Waals surface area contributed by atoms with E-state index in [0.29, 0.717) is 18.2 Å². The molecule has 0 radical (unpaired) electrons. The topological polar surface area (TPSA) is 40.6 Å². The molecule has 0 bridgehead atoms. The summed E-state index contributed by atoms with van der Waals surface area (Å²) in [5.74, 6) is 1.20. The van der Waals surface area contributed by atoms with Crippen LogP contribution in [0.25, 0.3) is 0 Å². The summed E-state index contributed by atoms with van der Waals surface area (Å²) in [7, 11) is 0. The second kappa shape index (κ2) is 8.20. The number of hydrogen-bond donors (Lipinski definition) is 0. The van der Waals surface area contributed by atoms with Gasteiger partial charge in [-0.05, 0) is 49.3 Å². The number of piperidine rings is 1. The molecule has 1 atom stereocenters. The average molecular weight is 427 g/mol. The number of carbonyl (C=O) groups is 2. The molecule has 4 rings (SSSR count). The van der Waals surface area contributed by atoms with Gasteiger partial charge in [-0.2, -0.15) is 13.2 Å². The van der Waals surface area contributed by atoms with Gasteiger partial charge >= 0.3 is 6.18 Å². The van der Waals surface area contributed by atoms with Crippen molar-refractivity contribution in [3.63, 3.8) is 0 Å². The fraction of sp³-hybridized carbons (Fsp3) is 0.619. The highest BCUT2D eigenvalue weighted by molar-refractivity contribution is 8.00. The molecule has 3 fully saturated rings. The lowest BCUT2D eigenvalue weighted by Gasteiger charge is -2.38. The Kier molecular flexibility index (Phi) is 5.82. The molecule has 0 spiro atoms. The molecule has 1 aliphatic carbocycles. The molecule has 4 nitrogen and oxygen atoms in total. The molecule has 2 amide bonds. The van der Waals surface area contributed by atoms with Crippen molar-refractivity contribution >= 4 is 23.6 Å². The average Bonchev–Trinajstić information content (AvgIpc) is 3.01. The molecule has 158 valence electrons. The molecule has 0 N–H and O–H groups in total. The zero-order valence-corrected chi connectivity index (χ0v) is 17.0. The maximum atomic E-state index is 12.8. The fourth-order valence-electron chi connectivity index (χ4n) is 4.29. The SMILES string of the molecule is O=C(C1CCC1)N1CCC(CN2C(=O)CSC2c2ccc(C(F)(F)F)cc2)CC1. The van der Waals surface area contributed by atoms with Gasteiger partial charge < -0.3 is 9.80 Å². The molecule has 2 saturated heterocycles. The van der Waals surface area contributed by atoms with Crippen LogP contribution in [0.5, 0.6) is 0 Å². The Bertz CT molecular complexity index is 756. The maximum Gasteiger partial charge on any atom is 0.416 e. The van der Waals surface area contributed by atoms with E-state index in [-0.39, 0.29) is 23.1 Å². The van der Waals surface area contributed by atoms with Crippen molar-refractivity contribution in [3.05, 3.63) is 35.4 Å². The Morgan fingerprint density at radius 3 is 2.28 bits per heavy atom. The van der Waals surface area contributed by atoms with E-state index in [1.165, 1.54) is 23.9 Å². The number of alkyl halides is 3. The monoisotopic (exact) mass is 426 g/mol. The number of carbonyl (C=O) groups excluding carboxylic acids is 2. The first kappa shape index (κ1) is 20.6. The van der Waals surface area contributed by atoms with Crippen LogP contribution < -0.4 is 0 Å². The summed E-state index contributed by atoms with van der Waals surface area (Å²) in [5.41, 5.74) is 0.0528. The molecule has 1 saturated carbocycles. The number of hydrogen-bond acceptors (Lipinski definition) is 3. The van der Waals surface area contributed by atoms with Crippen LogP contribution >= 0.6 is 11.8 Å². The Hall–Kier alpha value is -1.70. The van der Waals surface area contributed by atoms with Crippen molar-refractivity contribution in [2.45, 2.75) is 43.7 Å². The molecule has 1 aromatic rings. The van der Waals surface area contributed by atoms with Crippen molar-refractivity contribution < 1.29 is 22.8 Å². The molecule has 3 aliphatic rings. The third-order valence-corrected chi connectivity index (χ3v) is 7.58. The Morgan fingerprint density at radius 2 is 1.72 bits per heavy atom. The second-order valence-electron chi connectivity index (χ2n) is 8.23. The van der Waals surface area contributed by atoms with Crippen LogP contribution in [0.3, 0.4) is 0 Å². The first-order chi connectivity index (χ1) is 13.8. The minimum atomic E-state index is -4.36. The van der Waals surface area contributed by atoms with Crippen LogP contribution in [0, 0.1) is 11.8 Å². The van der Waals surface area contributed by atoms with Crippen molar-refractivity contribution in [1.82, 2.24) is 9.80 Å². The summed E-state index contributed by atoms with van der Waals surface area (Å²) in [4.78, 5) is 28.6. The minimum Gasteiger partial charge on any atom is -0.342 e. The summed E-state index contributed by atoms with van der Waals surface area (Å²) < 4.78 is 38.4. The normalized spacial score (nSPS) is 24.1.